The first-order valence-electron chi connectivity index (χ1n) is 5.47. The number of aliphatic hydroxyl groups is 1. The molecule has 0 saturated carbocycles. The van der Waals surface area contributed by atoms with Crippen molar-refractivity contribution in [2.24, 2.45) is 0 Å². The standard InChI is InChI=1S/C10H18N4O3/c1-3-14-8(11)7(9(16)12-10(14)17)13(2)5-4-6-15/h15H,3-6,11H2,1-2H3,(H,12,16,17). The number of aromatic nitrogens is 2. The summed E-state index contributed by atoms with van der Waals surface area (Å²) in [6.07, 6.45) is 0.528. The molecule has 0 atom stereocenters. The first-order valence-corrected chi connectivity index (χ1v) is 5.47. The summed E-state index contributed by atoms with van der Waals surface area (Å²) in [6.45, 7) is 2.69. The van der Waals surface area contributed by atoms with Crippen LogP contribution in [-0.2, 0) is 6.54 Å². The predicted octanol–water partition coefficient (Wildman–Crippen LogP) is -1.04. The first kappa shape index (κ1) is 13.3. The van der Waals surface area contributed by atoms with Crippen molar-refractivity contribution in [1.29, 1.82) is 0 Å². The fourth-order valence-electron chi connectivity index (χ4n) is 1.68. The van der Waals surface area contributed by atoms with Crippen LogP contribution in [0.1, 0.15) is 13.3 Å². The zero-order valence-electron chi connectivity index (χ0n) is 10.1. The summed E-state index contributed by atoms with van der Waals surface area (Å²) in [5.74, 6) is 0.154. The number of aromatic amines is 1. The smallest absolute Gasteiger partial charge is 0.330 e. The SMILES string of the molecule is CCn1c(N)c(N(C)CCCO)c(=O)[nH]c1=O. The summed E-state index contributed by atoms with van der Waals surface area (Å²) < 4.78 is 1.30. The highest BCUT2D eigenvalue weighted by Gasteiger charge is 2.14. The van der Waals surface area contributed by atoms with Crippen LogP contribution in [0.25, 0.3) is 0 Å². The van der Waals surface area contributed by atoms with Crippen LogP contribution in [0.5, 0.6) is 0 Å². The van der Waals surface area contributed by atoms with Gasteiger partial charge in [-0.25, -0.2) is 4.79 Å². The van der Waals surface area contributed by atoms with E-state index >= 15 is 0 Å². The Morgan fingerprint density at radius 1 is 1.47 bits per heavy atom. The summed E-state index contributed by atoms with van der Waals surface area (Å²) >= 11 is 0. The summed E-state index contributed by atoms with van der Waals surface area (Å²) in [6, 6.07) is 0. The second-order valence-corrected chi connectivity index (χ2v) is 3.74. The molecule has 0 radical (unpaired) electrons. The number of rotatable bonds is 5. The van der Waals surface area contributed by atoms with Gasteiger partial charge in [-0.2, -0.15) is 0 Å². The number of hydrogen-bond donors (Lipinski definition) is 3. The zero-order valence-corrected chi connectivity index (χ0v) is 10.1. The minimum absolute atomic E-state index is 0.0373. The Morgan fingerprint density at radius 3 is 2.65 bits per heavy atom. The number of H-pyrrole nitrogens is 1. The maximum Gasteiger partial charge on any atom is 0.330 e. The van der Waals surface area contributed by atoms with Crippen LogP contribution in [0.3, 0.4) is 0 Å². The number of nitrogen functional groups attached to an aromatic ring is 1. The normalized spacial score (nSPS) is 10.5. The molecule has 0 aliphatic heterocycles. The van der Waals surface area contributed by atoms with Gasteiger partial charge in [-0.15, -0.1) is 0 Å². The van der Waals surface area contributed by atoms with Gasteiger partial charge < -0.3 is 15.7 Å². The van der Waals surface area contributed by atoms with E-state index in [-0.39, 0.29) is 18.1 Å². The van der Waals surface area contributed by atoms with Crippen molar-refractivity contribution in [3.63, 3.8) is 0 Å². The molecule has 1 rings (SSSR count). The highest BCUT2D eigenvalue weighted by molar-refractivity contribution is 5.61. The Bertz CT molecular complexity index is 491. The number of hydrogen-bond acceptors (Lipinski definition) is 5. The van der Waals surface area contributed by atoms with Crippen molar-refractivity contribution in [2.45, 2.75) is 19.9 Å². The van der Waals surface area contributed by atoms with E-state index in [0.717, 1.165) is 0 Å². The third-order valence-corrected chi connectivity index (χ3v) is 2.56. The quantitative estimate of drug-likeness (QED) is 0.611. The van der Waals surface area contributed by atoms with E-state index in [4.69, 9.17) is 10.8 Å². The number of nitrogens with two attached hydrogens (primary N) is 1. The van der Waals surface area contributed by atoms with Gasteiger partial charge >= 0.3 is 5.69 Å². The Morgan fingerprint density at radius 2 is 2.12 bits per heavy atom. The summed E-state index contributed by atoms with van der Waals surface area (Å²) in [7, 11) is 1.70. The van der Waals surface area contributed by atoms with Gasteiger partial charge in [-0.3, -0.25) is 14.3 Å². The lowest BCUT2D eigenvalue weighted by molar-refractivity contribution is 0.290. The molecule has 1 aromatic rings. The minimum Gasteiger partial charge on any atom is -0.396 e. The maximum atomic E-state index is 11.7. The van der Waals surface area contributed by atoms with Gasteiger partial charge in [0.15, 0.2) is 0 Å². The van der Waals surface area contributed by atoms with Gasteiger partial charge in [0.25, 0.3) is 5.56 Å². The molecule has 1 aromatic heterocycles. The topological polar surface area (TPSA) is 104 Å². The summed E-state index contributed by atoms with van der Waals surface area (Å²) in [5, 5.41) is 8.75. The van der Waals surface area contributed by atoms with Gasteiger partial charge in [0.1, 0.15) is 11.5 Å². The van der Waals surface area contributed by atoms with Crippen LogP contribution in [0.4, 0.5) is 11.5 Å². The molecule has 7 nitrogen and oxygen atoms in total. The van der Waals surface area contributed by atoms with E-state index in [1.165, 1.54) is 4.57 Å². The van der Waals surface area contributed by atoms with E-state index in [1.807, 2.05) is 0 Å². The molecule has 0 bridgehead atoms. The lowest BCUT2D eigenvalue weighted by atomic mass is 10.3. The van der Waals surface area contributed by atoms with Crippen molar-refractivity contribution in [1.82, 2.24) is 9.55 Å². The average Bonchev–Trinajstić information content (AvgIpc) is 2.26. The van der Waals surface area contributed by atoms with Crippen LogP contribution >= 0.6 is 0 Å². The van der Waals surface area contributed by atoms with E-state index < -0.39 is 11.2 Å². The molecule has 0 aromatic carbocycles. The van der Waals surface area contributed by atoms with Gasteiger partial charge in [0, 0.05) is 26.7 Å². The van der Waals surface area contributed by atoms with E-state index in [0.29, 0.717) is 19.5 Å². The second kappa shape index (κ2) is 5.53. The minimum atomic E-state index is -0.505. The Kier molecular flexibility index (Phi) is 4.33. The van der Waals surface area contributed by atoms with Crippen LogP contribution in [0.2, 0.25) is 0 Å². The molecular formula is C10H18N4O3. The van der Waals surface area contributed by atoms with Crippen LogP contribution < -0.4 is 21.9 Å². The molecule has 4 N–H and O–H groups in total. The molecular weight excluding hydrogens is 224 g/mol. The first-order chi connectivity index (χ1) is 8.02. The maximum absolute atomic E-state index is 11.7. The zero-order chi connectivity index (χ0) is 13.0. The van der Waals surface area contributed by atoms with Crippen molar-refractivity contribution < 1.29 is 5.11 Å². The van der Waals surface area contributed by atoms with E-state index in [9.17, 15) is 9.59 Å². The number of aliphatic hydroxyl groups excluding tert-OH is 1. The molecule has 0 amide bonds. The fraction of sp³-hybridized carbons (Fsp3) is 0.600. The molecule has 1 heterocycles. The van der Waals surface area contributed by atoms with Crippen molar-refractivity contribution in [2.75, 3.05) is 30.8 Å². The highest BCUT2D eigenvalue weighted by Crippen LogP contribution is 2.14. The second-order valence-electron chi connectivity index (χ2n) is 3.74. The molecule has 0 fully saturated rings. The molecule has 96 valence electrons. The van der Waals surface area contributed by atoms with Crippen LogP contribution in [0, 0.1) is 0 Å². The molecule has 0 aliphatic rings. The molecule has 7 heteroatoms. The van der Waals surface area contributed by atoms with Crippen molar-refractivity contribution in [3.8, 4) is 0 Å². The molecule has 17 heavy (non-hydrogen) atoms. The Hall–Kier alpha value is -1.76. The van der Waals surface area contributed by atoms with Crippen LogP contribution in [-0.4, -0.2) is 34.9 Å². The summed E-state index contributed by atoms with van der Waals surface area (Å²) in [4.78, 5) is 27.0. The largest absolute Gasteiger partial charge is 0.396 e. The molecule has 0 saturated heterocycles. The molecule has 0 spiro atoms. The lowest BCUT2D eigenvalue weighted by Gasteiger charge is -2.20. The Labute approximate surface area is 98.5 Å². The van der Waals surface area contributed by atoms with Gasteiger partial charge in [-0.05, 0) is 13.3 Å². The highest BCUT2D eigenvalue weighted by atomic mass is 16.3. The number of nitrogens with zero attached hydrogens (tertiary/aromatic N) is 2. The fourth-order valence-corrected chi connectivity index (χ4v) is 1.68. The molecule has 0 unspecified atom stereocenters. The van der Waals surface area contributed by atoms with Crippen LogP contribution in [0.15, 0.2) is 9.59 Å². The average molecular weight is 242 g/mol. The van der Waals surface area contributed by atoms with Crippen molar-refractivity contribution >= 4 is 11.5 Å². The number of nitrogens with one attached hydrogen (secondary N) is 1. The predicted molar refractivity (Wildman–Crippen MR) is 66.4 cm³/mol. The monoisotopic (exact) mass is 242 g/mol. The third-order valence-electron chi connectivity index (χ3n) is 2.56. The Balaban J connectivity index is 3.24. The third kappa shape index (κ3) is 2.68. The summed E-state index contributed by atoms with van der Waals surface area (Å²) in [5.41, 5.74) is 5.06. The van der Waals surface area contributed by atoms with Gasteiger partial charge in [-0.1, -0.05) is 0 Å². The van der Waals surface area contributed by atoms with Crippen molar-refractivity contribution in [3.05, 3.63) is 20.8 Å². The molecule has 0 aliphatic carbocycles. The van der Waals surface area contributed by atoms with E-state index in [2.05, 4.69) is 4.98 Å². The van der Waals surface area contributed by atoms with Gasteiger partial charge in [0.05, 0.1) is 0 Å². The van der Waals surface area contributed by atoms with E-state index in [1.54, 1.807) is 18.9 Å². The lowest BCUT2D eigenvalue weighted by Crippen LogP contribution is -2.37. The van der Waals surface area contributed by atoms with Gasteiger partial charge in [0.2, 0.25) is 0 Å². The number of anilines is 2.